The molecular formula is C30H37N3O7S3. The smallest absolute Gasteiger partial charge is 0.413 e. The maximum atomic E-state index is 13.9. The third-order valence-electron chi connectivity index (χ3n) is 5.58. The van der Waals surface area contributed by atoms with Gasteiger partial charge in [-0.25, -0.2) is 18.0 Å². The van der Waals surface area contributed by atoms with Crippen LogP contribution in [0.3, 0.4) is 0 Å². The molecule has 2 aromatic heterocycles. The lowest BCUT2D eigenvalue weighted by Gasteiger charge is -2.19. The fourth-order valence-corrected chi connectivity index (χ4v) is 7.87. The molecule has 2 N–H and O–H groups in total. The zero-order chi connectivity index (χ0) is 32.2. The topological polar surface area (TPSA) is 145 Å². The van der Waals surface area contributed by atoms with Crippen LogP contribution in [0, 0.1) is 12.3 Å². The number of esters is 1. The molecule has 1 amide bonds. The first-order valence-electron chi connectivity index (χ1n) is 13.3. The summed E-state index contributed by atoms with van der Waals surface area (Å²) in [6.45, 7) is 12.2. The van der Waals surface area contributed by atoms with Gasteiger partial charge in [0.25, 0.3) is 0 Å². The third-order valence-corrected chi connectivity index (χ3v) is 9.87. The van der Waals surface area contributed by atoms with Crippen LogP contribution in [0.2, 0.25) is 0 Å². The van der Waals surface area contributed by atoms with Gasteiger partial charge in [0.05, 0.1) is 25.5 Å². The van der Waals surface area contributed by atoms with Crippen LogP contribution in [0.15, 0.2) is 56.7 Å². The molecular weight excluding hydrogens is 611 g/mol. The second-order valence-corrected chi connectivity index (χ2v) is 15.6. The summed E-state index contributed by atoms with van der Waals surface area (Å²) in [5.74, 6) is -0.746. The van der Waals surface area contributed by atoms with Gasteiger partial charge in [-0.2, -0.15) is 0 Å². The minimum absolute atomic E-state index is 0.0142. The van der Waals surface area contributed by atoms with E-state index in [0.717, 1.165) is 28.0 Å². The van der Waals surface area contributed by atoms with Gasteiger partial charge in [-0.3, -0.25) is 15.7 Å². The van der Waals surface area contributed by atoms with Crippen LogP contribution in [0.25, 0.3) is 11.1 Å². The minimum atomic E-state index is -4.06. The number of nitrogens with one attached hydrogen (secondary N) is 2. The number of carbonyl (C=O) groups excluding carboxylic acids is 2. The molecule has 3 rings (SSSR count). The molecule has 3 aromatic rings. The molecule has 0 saturated heterocycles. The van der Waals surface area contributed by atoms with Crippen LogP contribution in [0.5, 0.6) is 0 Å². The lowest BCUT2D eigenvalue weighted by molar-refractivity contribution is -0.160. The summed E-state index contributed by atoms with van der Waals surface area (Å²) in [7, 11) is -4.06. The molecule has 0 aliphatic carbocycles. The molecule has 13 heteroatoms. The van der Waals surface area contributed by atoms with Gasteiger partial charge in [0.1, 0.15) is 23.6 Å². The average molecular weight is 648 g/mol. The van der Waals surface area contributed by atoms with Crippen molar-refractivity contribution < 1.29 is 32.2 Å². The second-order valence-electron chi connectivity index (χ2n) is 11.6. The third kappa shape index (κ3) is 9.36. The molecule has 0 saturated carbocycles. The van der Waals surface area contributed by atoms with Crippen molar-refractivity contribution in [2.24, 2.45) is 0 Å². The number of alkyl carbamates (subject to hydrolysis) is 1. The number of aromatic nitrogens is 1. The van der Waals surface area contributed by atoms with Gasteiger partial charge in [0, 0.05) is 18.0 Å². The Morgan fingerprint density at radius 3 is 2.35 bits per heavy atom. The Labute approximate surface area is 261 Å². The number of sulfone groups is 1. The van der Waals surface area contributed by atoms with Crippen LogP contribution in [0.1, 0.15) is 57.5 Å². The molecule has 2 heterocycles. The summed E-state index contributed by atoms with van der Waals surface area (Å²) in [5.41, 5.74) is 1.56. The van der Waals surface area contributed by atoms with Gasteiger partial charge in [-0.15, -0.1) is 23.1 Å². The molecule has 0 aliphatic heterocycles. The van der Waals surface area contributed by atoms with E-state index < -0.39 is 33.1 Å². The number of hydrogen-bond donors (Lipinski definition) is 2. The highest BCUT2D eigenvalue weighted by Gasteiger charge is 2.27. The minimum Gasteiger partial charge on any atom is -0.458 e. The number of rotatable bonds is 9. The molecule has 0 aliphatic rings. The summed E-state index contributed by atoms with van der Waals surface area (Å²) in [5, 5.41) is 10.7. The second kappa shape index (κ2) is 13.6. The first-order valence-corrected chi connectivity index (χ1v) is 16.8. The zero-order valence-electron chi connectivity index (χ0n) is 25.5. The highest BCUT2D eigenvalue weighted by molar-refractivity contribution is 8.01. The van der Waals surface area contributed by atoms with E-state index in [1.54, 1.807) is 60.1 Å². The van der Waals surface area contributed by atoms with Gasteiger partial charge < -0.3 is 14.2 Å². The van der Waals surface area contributed by atoms with Gasteiger partial charge >= 0.3 is 12.1 Å². The van der Waals surface area contributed by atoms with Crippen molar-refractivity contribution in [3.8, 4) is 11.1 Å². The molecule has 43 heavy (non-hydrogen) atoms. The average Bonchev–Trinajstić information content (AvgIpc) is 3.32. The van der Waals surface area contributed by atoms with Crippen molar-refractivity contribution in [3.05, 3.63) is 58.7 Å². The summed E-state index contributed by atoms with van der Waals surface area (Å²) in [4.78, 5) is 28.8. The molecule has 0 fully saturated rings. The highest BCUT2D eigenvalue weighted by Crippen LogP contribution is 2.38. The largest absolute Gasteiger partial charge is 0.458 e. The Morgan fingerprint density at radius 2 is 1.72 bits per heavy atom. The van der Waals surface area contributed by atoms with Crippen molar-refractivity contribution in [1.29, 1.82) is 5.41 Å². The maximum absolute atomic E-state index is 13.9. The number of pyridine rings is 1. The number of carbonyl (C=O) groups is 2. The van der Waals surface area contributed by atoms with Crippen LogP contribution in [-0.4, -0.2) is 55.4 Å². The quantitative estimate of drug-likeness (QED) is 0.117. The van der Waals surface area contributed by atoms with Crippen LogP contribution >= 0.6 is 23.1 Å². The number of thioether (sulfide) groups is 1. The molecule has 0 atom stereocenters. The molecule has 0 radical (unpaired) electrons. The van der Waals surface area contributed by atoms with Crippen molar-refractivity contribution >= 4 is 50.8 Å². The first-order chi connectivity index (χ1) is 19.9. The fourth-order valence-electron chi connectivity index (χ4n) is 3.98. The van der Waals surface area contributed by atoms with Crippen molar-refractivity contribution in [1.82, 2.24) is 10.3 Å². The molecule has 0 bridgehead atoms. The lowest BCUT2D eigenvalue weighted by atomic mass is 9.96. The van der Waals surface area contributed by atoms with E-state index in [2.05, 4.69) is 10.3 Å². The summed E-state index contributed by atoms with van der Waals surface area (Å²) in [6.07, 6.45) is 3.79. The van der Waals surface area contributed by atoms with Gasteiger partial charge in [0.2, 0.25) is 9.84 Å². The number of aryl methyl sites for hydroxylation is 1. The number of amidine groups is 1. The monoisotopic (exact) mass is 647 g/mol. The van der Waals surface area contributed by atoms with E-state index in [1.165, 1.54) is 24.0 Å². The zero-order valence-corrected chi connectivity index (χ0v) is 27.9. The summed E-state index contributed by atoms with van der Waals surface area (Å²) < 4.78 is 44.4. The van der Waals surface area contributed by atoms with Gasteiger partial charge in [-0.05, 0) is 83.5 Å². The summed E-state index contributed by atoms with van der Waals surface area (Å²) >= 11 is 2.31. The van der Waals surface area contributed by atoms with E-state index in [0.29, 0.717) is 9.77 Å². The standard InChI is InChI=1S/C30H37N3O7S3/c1-18-10-9-11-19(16-38-17-24(34)39-29(2,3)4)25(18)20-12-21(15-32-14-20)43(36,37)23-13-22(42-27(23)41-8)26(31)33-28(35)40-30(5,6)7/h9-15H,16-17H2,1-8H3,(H2,31,33,35). The van der Waals surface area contributed by atoms with Crippen LogP contribution in [0.4, 0.5) is 4.79 Å². The van der Waals surface area contributed by atoms with Gasteiger partial charge in [-0.1, -0.05) is 18.2 Å². The molecule has 232 valence electrons. The molecule has 1 aromatic carbocycles. The Kier molecular flexibility index (Phi) is 10.8. The number of thiophene rings is 1. The Balaban J connectivity index is 1.90. The van der Waals surface area contributed by atoms with Gasteiger partial charge in [0.15, 0.2) is 0 Å². The lowest BCUT2D eigenvalue weighted by Crippen LogP contribution is -2.36. The van der Waals surface area contributed by atoms with E-state index in [1.807, 2.05) is 25.1 Å². The van der Waals surface area contributed by atoms with E-state index >= 15 is 0 Å². The Bertz CT molecular complexity index is 1620. The van der Waals surface area contributed by atoms with Crippen molar-refractivity contribution in [2.45, 2.75) is 80.3 Å². The fraction of sp³-hybridized carbons (Fsp3) is 0.400. The molecule has 0 unspecified atom stereocenters. The predicted molar refractivity (Wildman–Crippen MR) is 168 cm³/mol. The Hall–Kier alpha value is -3.26. The first kappa shape index (κ1) is 34.2. The summed E-state index contributed by atoms with van der Waals surface area (Å²) in [6, 6.07) is 8.53. The highest BCUT2D eigenvalue weighted by atomic mass is 32.2. The number of amides is 1. The van der Waals surface area contributed by atoms with E-state index in [-0.39, 0.29) is 33.7 Å². The SMILES string of the molecule is CSc1sc(C(=N)NC(=O)OC(C)(C)C)cc1S(=O)(=O)c1cncc(-c2c(C)cccc2COCC(=O)OC(C)(C)C)c1. The van der Waals surface area contributed by atoms with Crippen molar-refractivity contribution in [2.75, 3.05) is 12.9 Å². The number of hydrogen-bond acceptors (Lipinski definition) is 11. The normalized spacial score (nSPS) is 12.1. The number of nitrogens with zero attached hydrogens (tertiary/aromatic N) is 1. The molecule has 0 spiro atoms. The van der Waals surface area contributed by atoms with Crippen LogP contribution < -0.4 is 5.32 Å². The molecule has 10 nitrogen and oxygen atoms in total. The maximum Gasteiger partial charge on any atom is 0.413 e. The number of benzene rings is 1. The predicted octanol–water partition coefficient (Wildman–Crippen LogP) is 6.38. The van der Waals surface area contributed by atoms with E-state index in [9.17, 15) is 18.0 Å². The van der Waals surface area contributed by atoms with E-state index in [4.69, 9.17) is 19.6 Å². The Morgan fingerprint density at radius 1 is 1.05 bits per heavy atom. The number of ether oxygens (including phenoxy) is 3. The van der Waals surface area contributed by atoms with Crippen LogP contribution in [-0.2, 0) is 35.4 Å². The van der Waals surface area contributed by atoms with Crippen molar-refractivity contribution in [3.63, 3.8) is 0 Å².